The van der Waals surface area contributed by atoms with Gasteiger partial charge in [0.1, 0.15) is 5.71 Å². The van der Waals surface area contributed by atoms with Crippen LogP contribution in [0.2, 0.25) is 0 Å². The summed E-state index contributed by atoms with van der Waals surface area (Å²) in [5.41, 5.74) is 0.444. The van der Waals surface area contributed by atoms with Crippen LogP contribution in [0.4, 0.5) is 0 Å². The van der Waals surface area contributed by atoms with Crippen molar-refractivity contribution in [2.45, 2.75) is 51.6 Å². The van der Waals surface area contributed by atoms with E-state index in [1.54, 1.807) is 32.2 Å². The van der Waals surface area contributed by atoms with Crippen molar-refractivity contribution in [1.29, 1.82) is 0 Å². The number of carbonyl (C=O) groups excluding carboxylic acids is 3. The van der Waals surface area contributed by atoms with Gasteiger partial charge in [0.25, 0.3) is 11.8 Å². The molecule has 0 bridgehead atoms. The van der Waals surface area contributed by atoms with E-state index in [9.17, 15) is 14.4 Å². The van der Waals surface area contributed by atoms with Gasteiger partial charge >= 0.3 is 0 Å². The van der Waals surface area contributed by atoms with Crippen molar-refractivity contribution >= 4 is 23.4 Å². The van der Waals surface area contributed by atoms with Crippen molar-refractivity contribution in [3.8, 4) is 11.5 Å². The molecule has 3 rings (SSSR count). The third kappa shape index (κ3) is 4.18. The molecular formula is C20H24N2O5. The maximum Gasteiger partial charge on any atom is 0.277 e. The lowest BCUT2D eigenvalue weighted by molar-refractivity contribution is -0.142. The Morgan fingerprint density at radius 2 is 1.93 bits per heavy atom. The van der Waals surface area contributed by atoms with Crippen molar-refractivity contribution in [3.05, 3.63) is 23.8 Å². The van der Waals surface area contributed by atoms with Crippen LogP contribution in [0.15, 0.2) is 23.2 Å². The molecule has 2 fully saturated rings. The Kier molecular flexibility index (Phi) is 5.88. The van der Waals surface area contributed by atoms with Crippen LogP contribution >= 0.6 is 0 Å². The molecule has 2 aliphatic rings. The number of methoxy groups -OCH3 is 1. The Morgan fingerprint density at radius 3 is 2.59 bits per heavy atom. The van der Waals surface area contributed by atoms with E-state index in [1.165, 1.54) is 0 Å². The first-order chi connectivity index (χ1) is 13.0. The number of hydrogen-bond donors (Lipinski definition) is 0. The van der Waals surface area contributed by atoms with Crippen LogP contribution in [-0.4, -0.2) is 48.1 Å². The molecule has 1 heterocycles. The molecule has 0 atom stereocenters. The third-order valence-corrected chi connectivity index (χ3v) is 4.93. The third-order valence-electron chi connectivity index (χ3n) is 4.93. The molecule has 0 spiro atoms. The molecular weight excluding hydrogens is 348 g/mol. The summed E-state index contributed by atoms with van der Waals surface area (Å²) in [5.74, 6) is -0.176. The van der Waals surface area contributed by atoms with Gasteiger partial charge in [-0.2, -0.15) is 0 Å². The number of likely N-dealkylation sites (tertiary alicyclic amines) is 1. The summed E-state index contributed by atoms with van der Waals surface area (Å²) in [7, 11) is 1.55. The van der Waals surface area contributed by atoms with Crippen LogP contribution in [0, 0.1) is 0 Å². The number of ether oxygens (including phenoxy) is 2. The number of imide groups is 1. The first-order valence-electron chi connectivity index (χ1n) is 9.34. The molecule has 1 aliphatic carbocycles. The molecule has 1 aliphatic heterocycles. The predicted octanol–water partition coefficient (Wildman–Crippen LogP) is 2.77. The van der Waals surface area contributed by atoms with Gasteiger partial charge in [0, 0.05) is 24.9 Å². The zero-order valence-electron chi connectivity index (χ0n) is 15.7. The number of rotatable bonds is 5. The van der Waals surface area contributed by atoms with Crippen LogP contribution in [0.3, 0.4) is 0 Å². The monoisotopic (exact) mass is 372 g/mol. The van der Waals surface area contributed by atoms with Crippen LogP contribution in [-0.2, 0) is 9.59 Å². The molecule has 3 amide bonds. The lowest BCUT2D eigenvalue weighted by Gasteiger charge is -2.24. The molecule has 1 aromatic carbocycles. The summed E-state index contributed by atoms with van der Waals surface area (Å²) in [6.07, 6.45) is 4.73. The Hall–Kier alpha value is -2.70. The SMILES string of the molecule is CCN1C(=O)CC/C(=N\C(=O)c2ccc(OC)c(OC3CCCC3)c2)C1=O. The van der Waals surface area contributed by atoms with E-state index in [4.69, 9.17) is 9.47 Å². The fourth-order valence-corrected chi connectivity index (χ4v) is 3.43. The number of nitrogens with zero attached hydrogens (tertiary/aromatic N) is 2. The topological polar surface area (TPSA) is 85.3 Å². The summed E-state index contributed by atoms with van der Waals surface area (Å²) in [4.78, 5) is 41.8. The maximum atomic E-state index is 12.6. The Labute approximate surface area is 158 Å². The average molecular weight is 372 g/mol. The molecule has 0 N–H and O–H groups in total. The van der Waals surface area contributed by atoms with Gasteiger partial charge in [-0.1, -0.05) is 0 Å². The number of amides is 3. The van der Waals surface area contributed by atoms with Gasteiger partial charge in [-0.3, -0.25) is 19.3 Å². The molecule has 7 heteroatoms. The summed E-state index contributed by atoms with van der Waals surface area (Å²) in [6.45, 7) is 1.99. The van der Waals surface area contributed by atoms with Gasteiger partial charge in [-0.15, -0.1) is 0 Å². The van der Waals surface area contributed by atoms with Crippen LogP contribution in [0.25, 0.3) is 0 Å². The van der Waals surface area contributed by atoms with E-state index in [2.05, 4.69) is 4.99 Å². The van der Waals surface area contributed by atoms with E-state index in [1.807, 2.05) is 0 Å². The Balaban J connectivity index is 1.81. The van der Waals surface area contributed by atoms with Crippen LogP contribution < -0.4 is 9.47 Å². The number of aliphatic imine (C=N–C) groups is 1. The summed E-state index contributed by atoms with van der Waals surface area (Å²) in [5, 5.41) is 0. The highest BCUT2D eigenvalue weighted by Crippen LogP contribution is 2.32. The molecule has 7 nitrogen and oxygen atoms in total. The van der Waals surface area contributed by atoms with Crippen LogP contribution in [0.5, 0.6) is 11.5 Å². The smallest absolute Gasteiger partial charge is 0.277 e. The van der Waals surface area contributed by atoms with Crippen LogP contribution in [0.1, 0.15) is 55.8 Å². The van der Waals surface area contributed by atoms with Gasteiger partial charge < -0.3 is 9.47 Å². The lowest BCUT2D eigenvalue weighted by Crippen LogP contribution is -2.45. The van der Waals surface area contributed by atoms with Crippen molar-refractivity contribution in [1.82, 2.24) is 4.90 Å². The predicted molar refractivity (Wildman–Crippen MR) is 99.3 cm³/mol. The van der Waals surface area contributed by atoms with Crippen molar-refractivity contribution in [2.24, 2.45) is 4.99 Å². The molecule has 1 aromatic rings. The molecule has 1 saturated heterocycles. The van der Waals surface area contributed by atoms with E-state index in [-0.39, 0.29) is 37.1 Å². The summed E-state index contributed by atoms with van der Waals surface area (Å²) in [6, 6.07) is 4.88. The fraction of sp³-hybridized carbons (Fsp3) is 0.500. The highest BCUT2D eigenvalue weighted by Gasteiger charge is 2.30. The van der Waals surface area contributed by atoms with E-state index in [0.29, 0.717) is 17.1 Å². The Morgan fingerprint density at radius 1 is 1.19 bits per heavy atom. The average Bonchev–Trinajstić information content (AvgIpc) is 3.17. The number of hydrogen-bond acceptors (Lipinski definition) is 5. The minimum absolute atomic E-state index is 0.121. The van der Waals surface area contributed by atoms with Gasteiger partial charge in [-0.05, 0) is 50.8 Å². The van der Waals surface area contributed by atoms with Gasteiger partial charge in [-0.25, -0.2) is 4.99 Å². The standard InChI is InChI=1S/C20H24N2O5/c1-3-22-18(23)11-9-15(20(22)25)21-19(24)13-8-10-16(26-2)17(12-13)27-14-6-4-5-7-14/h8,10,12,14H,3-7,9,11H2,1-2H3/b21-15+. The highest BCUT2D eigenvalue weighted by molar-refractivity contribution is 6.44. The fourth-order valence-electron chi connectivity index (χ4n) is 3.43. The van der Waals surface area contributed by atoms with Gasteiger partial charge in [0.05, 0.1) is 13.2 Å². The highest BCUT2D eigenvalue weighted by atomic mass is 16.5. The van der Waals surface area contributed by atoms with Gasteiger partial charge in [0.15, 0.2) is 11.5 Å². The number of benzene rings is 1. The second-order valence-corrected chi connectivity index (χ2v) is 6.70. The number of piperidine rings is 1. The molecule has 0 unspecified atom stereocenters. The molecule has 144 valence electrons. The molecule has 0 aromatic heterocycles. The normalized spacial score (nSPS) is 19.6. The minimum Gasteiger partial charge on any atom is -0.493 e. The van der Waals surface area contributed by atoms with Crippen molar-refractivity contribution < 1.29 is 23.9 Å². The lowest BCUT2D eigenvalue weighted by atomic mass is 10.1. The zero-order chi connectivity index (χ0) is 19.4. The zero-order valence-corrected chi connectivity index (χ0v) is 15.7. The summed E-state index contributed by atoms with van der Waals surface area (Å²) >= 11 is 0. The summed E-state index contributed by atoms with van der Waals surface area (Å²) < 4.78 is 11.3. The number of carbonyl (C=O) groups is 3. The van der Waals surface area contributed by atoms with E-state index >= 15 is 0 Å². The molecule has 0 radical (unpaired) electrons. The molecule has 27 heavy (non-hydrogen) atoms. The largest absolute Gasteiger partial charge is 0.493 e. The van der Waals surface area contributed by atoms with Gasteiger partial charge in [0.2, 0.25) is 5.91 Å². The minimum atomic E-state index is -0.525. The molecule has 1 saturated carbocycles. The van der Waals surface area contributed by atoms with Crippen molar-refractivity contribution in [2.75, 3.05) is 13.7 Å². The van der Waals surface area contributed by atoms with Crippen molar-refractivity contribution in [3.63, 3.8) is 0 Å². The van der Waals surface area contributed by atoms with E-state index in [0.717, 1.165) is 30.6 Å². The second-order valence-electron chi connectivity index (χ2n) is 6.70. The first kappa shape index (κ1) is 19.1. The second kappa shape index (κ2) is 8.33. The quantitative estimate of drug-likeness (QED) is 0.742. The van der Waals surface area contributed by atoms with E-state index < -0.39 is 11.8 Å². The first-order valence-corrected chi connectivity index (χ1v) is 9.34. The maximum absolute atomic E-state index is 12.6. The Bertz CT molecular complexity index is 781.